The number of rotatable bonds is 7. The summed E-state index contributed by atoms with van der Waals surface area (Å²) in [6, 6.07) is 9.69. The number of benzene rings is 1. The molecule has 0 heterocycles. The number of methoxy groups -OCH3 is 1. The maximum absolute atomic E-state index is 11.5. The largest absolute Gasteiger partial charge is 0.469 e. The molecule has 1 atom stereocenters. The second-order valence-electron chi connectivity index (χ2n) is 4.32. The number of carbonyl (C=O) groups excluding carboxylic acids is 2. The molecule has 1 aromatic rings. The van der Waals surface area contributed by atoms with Gasteiger partial charge in [-0.25, -0.2) is 0 Å². The Morgan fingerprint density at radius 1 is 1.26 bits per heavy atom. The molecule has 0 radical (unpaired) electrons. The van der Waals surface area contributed by atoms with Gasteiger partial charge < -0.3 is 15.4 Å². The summed E-state index contributed by atoms with van der Waals surface area (Å²) in [5.74, 6) is -0.634. The van der Waals surface area contributed by atoms with Crippen LogP contribution in [-0.2, 0) is 20.9 Å². The molecule has 0 aliphatic rings. The average molecular weight is 264 g/mol. The van der Waals surface area contributed by atoms with E-state index in [2.05, 4.69) is 15.4 Å². The summed E-state index contributed by atoms with van der Waals surface area (Å²) >= 11 is 0. The van der Waals surface area contributed by atoms with E-state index in [1.165, 1.54) is 7.11 Å². The first-order chi connectivity index (χ1) is 9.13. The predicted molar refractivity (Wildman–Crippen MR) is 72.3 cm³/mol. The topological polar surface area (TPSA) is 67.4 Å². The van der Waals surface area contributed by atoms with Crippen molar-refractivity contribution < 1.29 is 14.3 Å². The molecule has 2 N–H and O–H groups in total. The molecule has 0 saturated carbocycles. The first-order valence-corrected chi connectivity index (χ1v) is 6.22. The summed E-state index contributed by atoms with van der Waals surface area (Å²) in [4.78, 5) is 22.7. The van der Waals surface area contributed by atoms with Gasteiger partial charge in [-0.2, -0.15) is 0 Å². The maximum atomic E-state index is 11.5. The van der Waals surface area contributed by atoms with Crippen LogP contribution in [0.1, 0.15) is 12.5 Å². The lowest BCUT2D eigenvalue weighted by Gasteiger charge is -2.10. The number of hydrogen-bond acceptors (Lipinski definition) is 4. The van der Waals surface area contributed by atoms with Crippen molar-refractivity contribution in [1.29, 1.82) is 0 Å². The minimum atomic E-state index is -0.280. The minimum absolute atomic E-state index is 0.0964. The smallest absolute Gasteiger partial charge is 0.309 e. The van der Waals surface area contributed by atoms with Crippen LogP contribution in [0.5, 0.6) is 0 Å². The zero-order valence-electron chi connectivity index (χ0n) is 11.3. The highest BCUT2D eigenvalue weighted by Gasteiger charge is 2.12. The monoisotopic (exact) mass is 264 g/mol. The van der Waals surface area contributed by atoms with Crippen LogP contribution in [0, 0.1) is 5.92 Å². The summed E-state index contributed by atoms with van der Waals surface area (Å²) in [7, 11) is 1.35. The van der Waals surface area contributed by atoms with Crippen molar-refractivity contribution in [3.8, 4) is 0 Å². The van der Waals surface area contributed by atoms with Crippen molar-refractivity contribution in [3.63, 3.8) is 0 Å². The summed E-state index contributed by atoms with van der Waals surface area (Å²) in [5.41, 5.74) is 1.05. The van der Waals surface area contributed by atoms with Crippen molar-refractivity contribution in [2.24, 2.45) is 5.92 Å². The van der Waals surface area contributed by atoms with Gasteiger partial charge in [0.05, 0.1) is 19.6 Å². The second kappa shape index (κ2) is 8.26. The highest BCUT2D eigenvalue weighted by molar-refractivity contribution is 5.78. The molecule has 5 nitrogen and oxygen atoms in total. The molecule has 1 unspecified atom stereocenters. The molecule has 1 aromatic carbocycles. The van der Waals surface area contributed by atoms with Gasteiger partial charge in [0.15, 0.2) is 0 Å². The molecule has 0 aromatic heterocycles. The Morgan fingerprint density at radius 3 is 2.58 bits per heavy atom. The van der Waals surface area contributed by atoms with E-state index < -0.39 is 0 Å². The standard InChI is InChI=1S/C14H20N2O3/c1-11(14(18)19-2)8-15-10-13(17)16-9-12-6-4-3-5-7-12/h3-7,11,15H,8-10H2,1-2H3,(H,16,17). The molecule has 19 heavy (non-hydrogen) atoms. The van der Waals surface area contributed by atoms with Gasteiger partial charge in [0.25, 0.3) is 0 Å². The molecule has 0 bridgehead atoms. The molecule has 1 amide bonds. The van der Waals surface area contributed by atoms with Crippen LogP contribution in [-0.4, -0.2) is 32.1 Å². The van der Waals surface area contributed by atoms with Gasteiger partial charge in [-0.3, -0.25) is 9.59 Å². The average Bonchev–Trinajstić information content (AvgIpc) is 2.45. The third-order valence-corrected chi connectivity index (χ3v) is 2.67. The lowest BCUT2D eigenvalue weighted by Crippen LogP contribution is -2.36. The summed E-state index contributed by atoms with van der Waals surface area (Å²) in [5, 5.41) is 5.72. The number of nitrogens with one attached hydrogen (secondary N) is 2. The number of ether oxygens (including phenoxy) is 1. The highest BCUT2D eigenvalue weighted by Crippen LogP contribution is 1.97. The van der Waals surface area contributed by atoms with Crippen molar-refractivity contribution >= 4 is 11.9 Å². The fourth-order valence-corrected chi connectivity index (χ4v) is 1.55. The Balaban J connectivity index is 2.16. The Bertz CT molecular complexity index is 406. The first kappa shape index (κ1) is 15.2. The van der Waals surface area contributed by atoms with Gasteiger partial charge in [-0.05, 0) is 5.56 Å². The van der Waals surface area contributed by atoms with Crippen LogP contribution >= 0.6 is 0 Å². The van der Waals surface area contributed by atoms with Gasteiger partial charge in [-0.15, -0.1) is 0 Å². The van der Waals surface area contributed by atoms with E-state index in [1.807, 2.05) is 30.3 Å². The lowest BCUT2D eigenvalue weighted by molar-refractivity contribution is -0.144. The molecule has 0 aliphatic heterocycles. The Kier molecular flexibility index (Phi) is 6.60. The number of amides is 1. The zero-order valence-corrected chi connectivity index (χ0v) is 11.3. The van der Waals surface area contributed by atoms with Gasteiger partial charge in [0.2, 0.25) is 5.91 Å². The number of esters is 1. The fourth-order valence-electron chi connectivity index (χ4n) is 1.55. The fraction of sp³-hybridized carbons (Fsp3) is 0.429. The zero-order chi connectivity index (χ0) is 14.1. The van der Waals surface area contributed by atoms with Crippen LogP contribution in [0.15, 0.2) is 30.3 Å². The predicted octanol–water partition coefficient (Wildman–Crippen LogP) is 0.702. The normalized spacial score (nSPS) is 11.7. The molecule has 1 rings (SSSR count). The third-order valence-electron chi connectivity index (χ3n) is 2.67. The van der Waals surface area contributed by atoms with Gasteiger partial charge in [-0.1, -0.05) is 37.3 Å². The van der Waals surface area contributed by atoms with E-state index in [4.69, 9.17) is 0 Å². The van der Waals surface area contributed by atoms with Gasteiger partial charge in [0.1, 0.15) is 0 Å². The van der Waals surface area contributed by atoms with E-state index in [9.17, 15) is 9.59 Å². The summed E-state index contributed by atoms with van der Waals surface area (Å²) in [6.45, 7) is 2.87. The quantitative estimate of drug-likeness (QED) is 0.711. The molecule has 104 valence electrons. The maximum Gasteiger partial charge on any atom is 0.309 e. The second-order valence-corrected chi connectivity index (χ2v) is 4.32. The van der Waals surface area contributed by atoms with E-state index in [-0.39, 0.29) is 24.3 Å². The van der Waals surface area contributed by atoms with E-state index in [0.717, 1.165) is 5.56 Å². The third kappa shape index (κ3) is 6.01. The van der Waals surface area contributed by atoms with Crippen LogP contribution in [0.25, 0.3) is 0 Å². The van der Waals surface area contributed by atoms with E-state index in [1.54, 1.807) is 6.92 Å². The van der Waals surface area contributed by atoms with E-state index in [0.29, 0.717) is 13.1 Å². The van der Waals surface area contributed by atoms with E-state index >= 15 is 0 Å². The number of hydrogen-bond donors (Lipinski definition) is 2. The van der Waals surface area contributed by atoms with Crippen molar-refractivity contribution in [3.05, 3.63) is 35.9 Å². The number of carbonyl (C=O) groups is 2. The van der Waals surface area contributed by atoms with Crippen LogP contribution < -0.4 is 10.6 Å². The molecule has 0 spiro atoms. The molecular weight excluding hydrogens is 244 g/mol. The SMILES string of the molecule is COC(=O)C(C)CNCC(=O)NCc1ccccc1. The molecule has 0 saturated heterocycles. The summed E-state index contributed by atoms with van der Waals surface area (Å²) in [6.07, 6.45) is 0. The molecule has 5 heteroatoms. The Hall–Kier alpha value is -1.88. The van der Waals surface area contributed by atoms with Crippen LogP contribution in [0.2, 0.25) is 0 Å². The highest BCUT2D eigenvalue weighted by atomic mass is 16.5. The summed E-state index contributed by atoms with van der Waals surface area (Å²) < 4.78 is 4.60. The first-order valence-electron chi connectivity index (χ1n) is 6.22. The van der Waals surface area contributed by atoms with Crippen molar-refractivity contribution in [2.75, 3.05) is 20.2 Å². The van der Waals surface area contributed by atoms with Crippen molar-refractivity contribution in [1.82, 2.24) is 10.6 Å². The van der Waals surface area contributed by atoms with Crippen molar-refractivity contribution in [2.45, 2.75) is 13.5 Å². The Labute approximate surface area is 113 Å². The molecule has 0 aliphatic carbocycles. The van der Waals surface area contributed by atoms with Crippen LogP contribution in [0.4, 0.5) is 0 Å². The molecular formula is C14H20N2O3. The van der Waals surface area contributed by atoms with Crippen LogP contribution in [0.3, 0.4) is 0 Å². The lowest BCUT2D eigenvalue weighted by atomic mass is 10.2. The molecule has 0 fully saturated rings. The Morgan fingerprint density at radius 2 is 1.95 bits per heavy atom. The minimum Gasteiger partial charge on any atom is -0.469 e. The van der Waals surface area contributed by atoms with Gasteiger partial charge >= 0.3 is 5.97 Å². The van der Waals surface area contributed by atoms with Gasteiger partial charge in [0, 0.05) is 13.1 Å².